The summed E-state index contributed by atoms with van der Waals surface area (Å²) < 4.78 is 28.5. The third-order valence-electron chi connectivity index (χ3n) is 5.80. The molecule has 2 N–H and O–H groups in total. The summed E-state index contributed by atoms with van der Waals surface area (Å²) in [5, 5.41) is 3.20. The van der Waals surface area contributed by atoms with Crippen molar-refractivity contribution < 1.29 is 13.2 Å². The molecule has 1 saturated carbocycles. The second-order valence-corrected chi connectivity index (χ2v) is 9.56. The van der Waals surface area contributed by atoms with E-state index in [1.807, 2.05) is 11.9 Å². The first-order valence-corrected chi connectivity index (χ1v) is 11.5. The van der Waals surface area contributed by atoms with Gasteiger partial charge in [0.05, 0.1) is 4.90 Å². The summed E-state index contributed by atoms with van der Waals surface area (Å²) in [5.74, 6) is 0.527. The molecule has 0 aromatic heterocycles. The molecule has 2 aliphatic rings. The number of carbonyl (C=O) groups is 1. The summed E-state index contributed by atoms with van der Waals surface area (Å²) in [6.07, 6.45) is 5.86. The monoisotopic (exact) mass is 393 g/mol. The van der Waals surface area contributed by atoms with Crippen LogP contribution >= 0.6 is 0 Å². The van der Waals surface area contributed by atoms with Crippen molar-refractivity contribution in [2.24, 2.45) is 5.92 Å². The van der Waals surface area contributed by atoms with Gasteiger partial charge in [0.2, 0.25) is 10.0 Å². The van der Waals surface area contributed by atoms with Crippen LogP contribution in [0.2, 0.25) is 0 Å². The summed E-state index contributed by atoms with van der Waals surface area (Å²) in [6.45, 7) is 4.20. The molecule has 1 heterocycles. The highest BCUT2D eigenvalue weighted by Gasteiger charge is 2.27. The van der Waals surface area contributed by atoms with Crippen LogP contribution in [-0.4, -0.2) is 51.9 Å². The Bertz CT molecular complexity index is 765. The number of sulfonamides is 1. The van der Waals surface area contributed by atoms with Crippen LogP contribution in [0.15, 0.2) is 23.1 Å². The number of nitrogens with one attached hydrogen (secondary N) is 2. The van der Waals surface area contributed by atoms with Crippen LogP contribution in [0.1, 0.15) is 54.4 Å². The molecule has 150 valence electrons. The molecule has 0 spiro atoms. The average molecular weight is 394 g/mol. The third kappa shape index (κ3) is 4.89. The van der Waals surface area contributed by atoms with E-state index >= 15 is 0 Å². The minimum absolute atomic E-state index is 0.0139. The van der Waals surface area contributed by atoms with Crippen LogP contribution in [-0.2, 0) is 10.0 Å². The zero-order chi connectivity index (χ0) is 19.4. The molecule has 1 aromatic rings. The van der Waals surface area contributed by atoms with Crippen molar-refractivity contribution >= 4 is 15.9 Å². The SMILES string of the molecule is CNCC1CCN(C(=O)c2ccc(C)c(S(=O)(=O)NC3CCCC3)c2)CC1. The van der Waals surface area contributed by atoms with Gasteiger partial charge in [0.1, 0.15) is 0 Å². The van der Waals surface area contributed by atoms with Crippen molar-refractivity contribution in [1.82, 2.24) is 14.9 Å². The predicted molar refractivity (Wildman–Crippen MR) is 106 cm³/mol. The van der Waals surface area contributed by atoms with Gasteiger partial charge in [0.15, 0.2) is 0 Å². The fourth-order valence-electron chi connectivity index (χ4n) is 4.16. The van der Waals surface area contributed by atoms with Gasteiger partial charge in [0.25, 0.3) is 5.91 Å². The maximum Gasteiger partial charge on any atom is 0.253 e. The number of hydrogen-bond donors (Lipinski definition) is 2. The first-order chi connectivity index (χ1) is 12.9. The molecule has 0 bridgehead atoms. The van der Waals surface area contributed by atoms with Crippen molar-refractivity contribution in [3.8, 4) is 0 Å². The molecule has 0 atom stereocenters. The Balaban J connectivity index is 1.73. The van der Waals surface area contributed by atoms with Crippen LogP contribution in [0.25, 0.3) is 0 Å². The zero-order valence-electron chi connectivity index (χ0n) is 16.3. The molecule has 2 fully saturated rings. The van der Waals surface area contributed by atoms with Gasteiger partial charge >= 0.3 is 0 Å². The summed E-state index contributed by atoms with van der Waals surface area (Å²) in [5.41, 5.74) is 1.13. The summed E-state index contributed by atoms with van der Waals surface area (Å²) in [7, 11) is -1.66. The fourth-order valence-corrected chi connectivity index (χ4v) is 5.74. The predicted octanol–water partition coefficient (Wildman–Crippen LogP) is 2.29. The van der Waals surface area contributed by atoms with Gasteiger partial charge in [-0.2, -0.15) is 0 Å². The maximum absolute atomic E-state index is 12.9. The van der Waals surface area contributed by atoms with Crippen molar-refractivity contribution in [2.45, 2.75) is 56.4 Å². The van der Waals surface area contributed by atoms with Crippen LogP contribution < -0.4 is 10.0 Å². The highest BCUT2D eigenvalue weighted by molar-refractivity contribution is 7.89. The van der Waals surface area contributed by atoms with Gasteiger partial charge in [0, 0.05) is 24.7 Å². The molecule has 1 aromatic carbocycles. The minimum atomic E-state index is -3.61. The third-order valence-corrected chi connectivity index (χ3v) is 7.46. The highest BCUT2D eigenvalue weighted by Crippen LogP contribution is 2.24. The Kier molecular flexibility index (Phi) is 6.55. The number of likely N-dealkylation sites (tertiary alicyclic amines) is 1. The van der Waals surface area contributed by atoms with E-state index in [0.717, 1.165) is 58.2 Å². The quantitative estimate of drug-likeness (QED) is 0.777. The van der Waals surface area contributed by atoms with E-state index in [2.05, 4.69) is 10.0 Å². The molecule has 6 nitrogen and oxygen atoms in total. The van der Waals surface area contributed by atoms with Gasteiger partial charge < -0.3 is 10.2 Å². The summed E-state index contributed by atoms with van der Waals surface area (Å²) in [4.78, 5) is 15.0. The molecule has 1 amide bonds. The lowest BCUT2D eigenvalue weighted by Gasteiger charge is -2.32. The van der Waals surface area contributed by atoms with Crippen molar-refractivity contribution in [1.29, 1.82) is 0 Å². The van der Waals surface area contributed by atoms with Gasteiger partial charge in [-0.05, 0) is 69.8 Å². The van der Waals surface area contributed by atoms with E-state index in [1.165, 1.54) is 0 Å². The van der Waals surface area contributed by atoms with Gasteiger partial charge in [-0.3, -0.25) is 4.79 Å². The lowest BCUT2D eigenvalue weighted by Crippen LogP contribution is -2.40. The Morgan fingerprint density at radius 2 is 1.81 bits per heavy atom. The number of piperidine rings is 1. The van der Waals surface area contributed by atoms with E-state index in [9.17, 15) is 13.2 Å². The second-order valence-electron chi connectivity index (χ2n) is 7.88. The molecule has 0 radical (unpaired) electrons. The molecule has 27 heavy (non-hydrogen) atoms. The van der Waals surface area contributed by atoms with E-state index in [-0.39, 0.29) is 16.8 Å². The topological polar surface area (TPSA) is 78.5 Å². The van der Waals surface area contributed by atoms with Crippen molar-refractivity contribution in [3.05, 3.63) is 29.3 Å². The Morgan fingerprint density at radius 1 is 1.15 bits per heavy atom. The van der Waals surface area contributed by atoms with E-state index < -0.39 is 10.0 Å². The van der Waals surface area contributed by atoms with Crippen molar-refractivity contribution in [2.75, 3.05) is 26.7 Å². The molecule has 0 unspecified atom stereocenters. The molecular weight excluding hydrogens is 362 g/mol. The maximum atomic E-state index is 12.9. The van der Waals surface area contributed by atoms with Crippen molar-refractivity contribution in [3.63, 3.8) is 0 Å². The van der Waals surface area contributed by atoms with E-state index in [1.54, 1.807) is 25.1 Å². The summed E-state index contributed by atoms with van der Waals surface area (Å²) >= 11 is 0. The first-order valence-electron chi connectivity index (χ1n) is 9.97. The molecule has 1 saturated heterocycles. The number of aryl methyl sites for hydroxylation is 1. The van der Waals surface area contributed by atoms with Crippen LogP contribution in [0, 0.1) is 12.8 Å². The van der Waals surface area contributed by atoms with E-state index in [0.29, 0.717) is 17.0 Å². The zero-order valence-corrected chi connectivity index (χ0v) is 17.1. The number of amides is 1. The Morgan fingerprint density at radius 3 is 2.44 bits per heavy atom. The average Bonchev–Trinajstić information content (AvgIpc) is 3.14. The summed E-state index contributed by atoms with van der Waals surface area (Å²) in [6, 6.07) is 5.05. The van der Waals surface area contributed by atoms with Gasteiger partial charge in [-0.1, -0.05) is 18.9 Å². The Hall–Kier alpha value is -1.44. The molecule has 1 aliphatic carbocycles. The van der Waals surface area contributed by atoms with Crippen LogP contribution in [0.4, 0.5) is 0 Å². The minimum Gasteiger partial charge on any atom is -0.339 e. The molecular formula is C20H31N3O3S. The van der Waals surface area contributed by atoms with Gasteiger partial charge in [-0.25, -0.2) is 13.1 Å². The molecule has 1 aliphatic heterocycles. The number of nitrogens with zero attached hydrogens (tertiary/aromatic N) is 1. The standard InChI is InChI=1S/C20H31N3O3S/c1-15-7-8-17(20(24)23-11-9-16(10-12-23)14-21-2)13-19(15)27(25,26)22-18-5-3-4-6-18/h7-8,13,16,18,21-22H,3-6,9-12,14H2,1-2H3. The first kappa shape index (κ1) is 20.3. The lowest BCUT2D eigenvalue weighted by atomic mass is 9.96. The number of hydrogen-bond acceptors (Lipinski definition) is 4. The molecule has 3 rings (SSSR count). The highest BCUT2D eigenvalue weighted by atomic mass is 32.2. The van der Waals surface area contributed by atoms with E-state index in [4.69, 9.17) is 0 Å². The number of benzene rings is 1. The smallest absolute Gasteiger partial charge is 0.253 e. The lowest BCUT2D eigenvalue weighted by molar-refractivity contribution is 0.0690. The fraction of sp³-hybridized carbons (Fsp3) is 0.650. The van der Waals surface area contributed by atoms with Crippen LogP contribution in [0.5, 0.6) is 0 Å². The largest absolute Gasteiger partial charge is 0.339 e. The van der Waals surface area contributed by atoms with Gasteiger partial charge in [-0.15, -0.1) is 0 Å². The number of rotatable bonds is 6. The Labute approximate surface area is 162 Å². The number of carbonyl (C=O) groups excluding carboxylic acids is 1. The van der Waals surface area contributed by atoms with Crippen LogP contribution in [0.3, 0.4) is 0 Å². The second kappa shape index (κ2) is 8.71. The normalized spacial score (nSPS) is 19.6. The molecule has 7 heteroatoms.